The summed E-state index contributed by atoms with van der Waals surface area (Å²) in [6.07, 6.45) is 6.93. The molecule has 1 saturated carbocycles. The van der Waals surface area contributed by atoms with Crippen LogP contribution in [0.25, 0.3) is 0 Å². The molecular formula is C27H38N2O3. The normalized spacial score (nSPS) is 16.0. The van der Waals surface area contributed by atoms with Gasteiger partial charge in [0.25, 0.3) is 0 Å². The monoisotopic (exact) mass is 438 g/mol. The van der Waals surface area contributed by atoms with Crippen LogP contribution >= 0.6 is 0 Å². The van der Waals surface area contributed by atoms with Crippen molar-refractivity contribution in [1.29, 1.82) is 0 Å². The standard InChI is InChI=1S/C27H38N2O3/c1-27(2,29-19-25(31)23-11-13-24(30)14-12-23)17-22-10-6-9-21(15-22)16-26(32)28-18-20-7-4-3-5-8-20/h6,9-15,20,25,29-31H,3-5,7-8,16-19H2,1-2H3,(H,28,32). The molecule has 174 valence electrons. The third-order valence-electron chi connectivity index (χ3n) is 6.37. The summed E-state index contributed by atoms with van der Waals surface area (Å²) < 4.78 is 0. The van der Waals surface area contributed by atoms with Gasteiger partial charge < -0.3 is 20.8 Å². The molecule has 0 spiro atoms. The Kier molecular flexibility index (Phi) is 8.71. The molecule has 1 fully saturated rings. The Morgan fingerprint density at radius 3 is 2.47 bits per heavy atom. The third kappa shape index (κ3) is 7.95. The number of aliphatic hydroxyl groups is 1. The Balaban J connectivity index is 1.47. The summed E-state index contributed by atoms with van der Waals surface area (Å²) in [5, 5.41) is 26.4. The highest BCUT2D eigenvalue weighted by atomic mass is 16.3. The summed E-state index contributed by atoms with van der Waals surface area (Å²) in [5.74, 6) is 0.932. The van der Waals surface area contributed by atoms with E-state index < -0.39 is 6.10 Å². The van der Waals surface area contributed by atoms with Gasteiger partial charge in [0.15, 0.2) is 0 Å². The highest BCUT2D eigenvalue weighted by Gasteiger charge is 2.20. The minimum atomic E-state index is -0.644. The minimum absolute atomic E-state index is 0.0992. The fraction of sp³-hybridized carbons (Fsp3) is 0.519. The van der Waals surface area contributed by atoms with Gasteiger partial charge in [-0.05, 0) is 67.9 Å². The van der Waals surface area contributed by atoms with Crippen molar-refractivity contribution in [2.75, 3.05) is 13.1 Å². The molecule has 5 nitrogen and oxygen atoms in total. The van der Waals surface area contributed by atoms with Crippen LogP contribution in [-0.4, -0.2) is 34.7 Å². The number of benzene rings is 2. The van der Waals surface area contributed by atoms with Crippen molar-refractivity contribution in [3.63, 3.8) is 0 Å². The van der Waals surface area contributed by atoms with Gasteiger partial charge in [0.05, 0.1) is 12.5 Å². The number of β-amino-alcohol motifs (C(OH)–C–C–N with tert-alkyl or cyclic N) is 1. The van der Waals surface area contributed by atoms with E-state index in [9.17, 15) is 15.0 Å². The largest absolute Gasteiger partial charge is 0.508 e. The number of aliphatic hydroxyl groups excluding tert-OH is 1. The summed E-state index contributed by atoms with van der Waals surface area (Å²) in [6, 6.07) is 14.9. The van der Waals surface area contributed by atoms with Crippen molar-refractivity contribution < 1.29 is 15.0 Å². The number of aromatic hydroxyl groups is 1. The lowest BCUT2D eigenvalue weighted by Gasteiger charge is -2.28. The molecule has 1 amide bonds. The van der Waals surface area contributed by atoms with E-state index in [-0.39, 0.29) is 17.2 Å². The van der Waals surface area contributed by atoms with Crippen LogP contribution in [0, 0.1) is 5.92 Å². The second-order valence-corrected chi connectivity index (χ2v) is 9.85. The van der Waals surface area contributed by atoms with Gasteiger partial charge in [-0.15, -0.1) is 0 Å². The molecule has 0 aliphatic heterocycles. The molecular weight excluding hydrogens is 400 g/mol. The van der Waals surface area contributed by atoms with E-state index in [1.54, 1.807) is 24.3 Å². The van der Waals surface area contributed by atoms with Crippen LogP contribution in [0.2, 0.25) is 0 Å². The maximum atomic E-state index is 12.4. The first kappa shape index (κ1) is 24.3. The van der Waals surface area contributed by atoms with Crippen LogP contribution in [0.5, 0.6) is 5.75 Å². The number of hydrogen-bond donors (Lipinski definition) is 4. The van der Waals surface area contributed by atoms with Crippen molar-refractivity contribution in [2.24, 2.45) is 5.92 Å². The molecule has 1 aliphatic rings. The number of rotatable bonds is 10. The molecule has 5 heteroatoms. The van der Waals surface area contributed by atoms with Gasteiger partial charge in [-0.25, -0.2) is 0 Å². The van der Waals surface area contributed by atoms with Gasteiger partial charge in [-0.1, -0.05) is 55.7 Å². The number of nitrogens with one attached hydrogen (secondary N) is 2. The zero-order valence-corrected chi connectivity index (χ0v) is 19.4. The number of carbonyl (C=O) groups is 1. The maximum absolute atomic E-state index is 12.4. The number of phenols is 1. The molecule has 1 unspecified atom stereocenters. The summed E-state index contributed by atoms with van der Waals surface area (Å²) in [4.78, 5) is 12.4. The zero-order chi connectivity index (χ0) is 23.0. The van der Waals surface area contributed by atoms with Crippen molar-refractivity contribution in [3.05, 3.63) is 65.2 Å². The summed E-state index contributed by atoms with van der Waals surface area (Å²) in [7, 11) is 0. The van der Waals surface area contributed by atoms with Crippen LogP contribution in [0.4, 0.5) is 0 Å². The molecule has 2 aromatic rings. The summed E-state index contributed by atoms with van der Waals surface area (Å²) >= 11 is 0. The summed E-state index contributed by atoms with van der Waals surface area (Å²) in [6.45, 7) is 5.44. The average molecular weight is 439 g/mol. The van der Waals surface area contributed by atoms with Gasteiger partial charge in [0.2, 0.25) is 5.91 Å². The third-order valence-corrected chi connectivity index (χ3v) is 6.37. The van der Waals surface area contributed by atoms with Crippen LogP contribution in [0.15, 0.2) is 48.5 Å². The smallest absolute Gasteiger partial charge is 0.224 e. The van der Waals surface area contributed by atoms with Crippen LogP contribution < -0.4 is 10.6 Å². The molecule has 2 aromatic carbocycles. The molecule has 0 heterocycles. The number of hydrogen-bond acceptors (Lipinski definition) is 4. The molecule has 1 atom stereocenters. The van der Waals surface area contributed by atoms with Crippen molar-refractivity contribution in [1.82, 2.24) is 10.6 Å². The lowest BCUT2D eigenvalue weighted by molar-refractivity contribution is -0.120. The van der Waals surface area contributed by atoms with E-state index >= 15 is 0 Å². The maximum Gasteiger partial charge on any atom is 0.224 e. The fourth-order valence-electron chi connectivity index (χ4n) is 4.51. The summed E-state index contributed by atoms with van der Waals surface area (Å²) in [5.41, 5.74) is 2.75. The Hall–Kier alpha value is -2.37. The lowest BCUT2D eigenvalue weighted by Crippen LogP contribution is -2.43. The van der Waals surface area contributed by atoms with Crippen LogP contribution in [0.3, 0.4) is 0 Å². The Bertz CT molecular complexity index is 857. The van der Waals surface area contributed by atoms with Crippen LogP contribution in [-0.2, 0) is 17.6 Å². The highest BCUT2D eigenvalue weighted by molar-refractivity contribution is 5.78. The Morgan fingerprint density at radius 2 is 1.75 bits per heavy atom. The van der Waals surface area contributed by atoms with E-state index in [4.69, 9.17) is 0 Å². The van der Waals surface area contributed by atoms with Crippen molar-refractivity contribution in [3.8, 4) is 5.75 Å². The second kappa shape index (κ2) is 11.5. The van der Waals surface area contributed by atoms with Gasteiger partial charge in [0, 0.05) is 18.6 Å². The molecule has 0 aromatic heterocycles. The average Bonchev–Trinajstić information content (AvgIpc) is 2.77. The van der Waals surface area contributed by atoms with Gasteiger partial charge >= 0.3 is 0 Å². The molecule has 0 saturated heterocycles. The highest BCUT2D eigenvalue weighted by Crippen LogP contribution is 2.23. The quantitative estimate of drug-likeness (QED) is 0.446. The SMILES string of the molecule is CC(C)(Cc1cccc(CC(=O)NCC2CCCCC2)c1)NCC(O)c1ccc(O)cc1. The minimum Gasteiger partial charge on any atom is -0.508 e. The Morgan fingerprint density at radius 1 is 1.06 bits per heavy atom. The molecule has 3 rings (SSSR count). The topological polar surface area (TPSA) is 81.6 Å². The molecule has 0 bridgehead atoms. The molecule has 1 aliphatic carbocycles. The number of amides is 1. The van der Waals surface area contributed by atoms with Gasteiger partial charge in [0.1, 0.15) is 5.75 Å². The van der Waals surface area contributed by atoms with Gasteiger partial charge in [-0.3, -0.25) is 4.79 Å². The first-order valence-electron chi connectivity index (χ1n) is 11.9. The van der Waals surface area contributed by atoms with Crippen molar-refractivity contribution >= 4 is 5.91 Å². The first-order valence-corrected chi connectivity index (χ1v) is 11.9. The van der Waals surface area contributed by atoms with Crippen LogP contribution in [0.1, 0.15) is 68.7 Å². The van der Waals surface area contributed by atoms with E-state index in [1.807, 2.05) is 12.1 Å². The lowest BCUT2D eigenvalue weighted by atomic mass is 9.89. The number of carbonyl (C=O) groups excluding carboxylic acids is 1. The first-order chi connectivity index (χ1) is 15.3. The van der Waals surface area contributed by atoms with Crippen molar-refractivity contribution in [2.45, 2.75) is 70.4 Å². The van der Waals surface area contributed by atoms with E-state index in [0.29, 0.717) is 18.9 Å². The predicted octanol–water partition coefficient (Wildman–Crippen LogP) is 4.28. The predicted molar refractivity (Wildman–Crippen MR) is 129 cm³/mol. The van der Waals surface area contributed by atoms with E-state index in [2.05, 4.69) is 36.6 Å². The van der Waals surface area contributed by atoms with Gasteiger partial charge in [-0.2, -0.15) is 0 Å². The van der Waals surface area contributed by atoms with E-state index in [0.717, 1.165) is 24.1 Å². The number of phenolic OH excluding ortho intramolecular Hbond substituents is 1. The second-order valence-electron chi connectivity index (χ2n) is 9.85. The zero-order valence-electron chi connectivity index (χ0n) is 19.4. The Labute approximate surface area is 192 Å². The fourth-order valence-corrected chi connectivity index (χ4v) is 4.51. The molecule has 32 heavy (non-hydrogen) atoms. The molecule has 4 N–H and O–H groups in total. The van der Waals surface area contributed by atoms with E-state index in [1.165, 1.54) is 37.7 Å². The molecule has 0 radical (unpaired) electrons.